The largest absolute Gasteiger partial charge is 0.429 e. The van der Waals surface area contributed by atoms with E-state index in [2.05, 4.69) is 0 Å². The summed E-state index contributed by atoms with van der Waals surface area (Å²) in [7, 11) is 0. The Morgan fingerprint density at radius 3 is 2.00 bits per heavy atom. The maximum Gasteiger partial charge on any atom is 0.429 e. The van der Waals surface area contributed by atoms with E-state index in [-0.39, 0.29) is 0 Å². The van der Waals surface area contributed by atoms with Crippen LogP contribution in [0.25, 0.3) is 0 Å². The van der Waals surface area contributed by atoms with E-state index < -0.39 is 24.1 Å². The minimum Gasteiger partial charge on any atom is -0.300 e. The third kappa shape index (κ3) is 3.21. The van der Waals surface area contributed by atoms with Crippen molar-refractivity contribution in [3.63, 3.8) is 0 Å². The van der Waals surface area contributed by atoms with Gasteiger partial charge in [-0.05, 0) is 6.92 Å². The molecule has 0 atom stereocenters. The van der Waals surface area contributed by atoms with Crippen LogP contribution in [-0.4, -0.2) is 17.7 Å². The molecule has 0 aliphatic rings. The number of halogens is 3. The van der Waals surface area contributed by atoms with Crippen molar-refractivity contribution < 1.29 is 18.0 Å². The van der Waals surface area contributed by atoms with Gasteiger partial charge in [-0.1, -0.05) is 0 Å². The Morgan fingerprint density at radius 1 is 1.50 bits per heavy atom. The molecule has 58 valence electrons. The smallest absolute Gasteiger partial charge is 0.300 e. The van der Waals surface area contributed by atoms with Gasteiger partial charge < -0.3 is 5.41 Å². The van der Waals surface area contributed by atoms with Crippen LogP contribution in [0, 0.1) is 5.41 Å². The van der Waals surface area contributed by atoms with E-state index in [0.29, 0.717) is 0 Å². The second-order valence-corrected chi connectivity index (χ2v) is 1.86. The lowest BCUT2D eigenvalue weighted by atomic mass is 10.2. The molecule has 0 heterocycles. The Labute approximate surface area is 55.5 Å². The van der Waals surface area contributed by atoms with Crippen molar-refractivity contribution in [1.82, 2.24) is 0 Å². The summed E-state index contributed by atoms with van der Waals surface area (Å²) < 4.78 is 34.3. The van der Waals surface area contributed by atoms with Crippen LogP contribution in [0.4, 0.5) is 13.2 Å². The third-order valence-corrected chi connectivity index (χ3v) is 0.768. The average Bonchev–Trinajstić information content (AvgIpc) is 1.60. The summed E-state index contributed by atoms with van der Waals surface area (Å²) in [6.07, 6.45) is -5.48. The van der Waals surface area contributed by atoms with Gasteiger partial charge in [-0.3, -0.25) is 4.79 Å². The number of rotatable bonds is 2. The molecule has 5 heteroatoms. The third-order valence-electron chi connectivity index (χ3n) is 0.768. The summed E-state index contributed by atoms with van der Waals surface area (Å²) in [6.45, 7) is 1.01. The van der Waals surface area contributed by atoms with Gasteiger partial charge in [0.15, 0.2) is 0 Å². The molecule has 0 saturated heterocycles. The standard InChI is InChI=1S/C5H6F3NO/c1-3(10)2-4(9)5(6,7)8/h9H,2H2,1H3. The molecule has 0 rings (SSSR count). The van der Waals surface area contributed by atoms with Gasteiger partial charge in [0.05, 0.1) is 6.42 Å². The quantitative estimate of drug-likeness (QED) is 0.600. The number of carbonyl (C=O) groups is 1. The molecule has 0 bridgehead atoms. The number of ketones is 1. The molecule has 0 aromatic heterocycles. The summed E-state index contributed by atoms with van der Waals surface area (Å²) in [4.78, 5) is 10.1. The van der Waals surface area contributed by atoms with Crippen LogP contribution in [-0.2, 0) is 4.79 Å². The van der Waals surface area contributed by atoms with E-state index in [4.69, 9.17) is 5.41 Å². The molecule has 0 aromatic carbocycles. The van der Waals surface area contributed by atoms with Gasteiger partial charge in [-0.15, -0.1) is 0 Å². The molecule has 2 nitrogen and oxygen atoms in total. The van der Waals surface area contributed by atoms with Gasteiger partial charge in [-0.2, -0.15) is 13.2 Å². The van der Waals surface area contributed by atoms with E-state index in [1.807, 2.05) is 0 Å². The molecular formula is C5H6F3NO. The van der Waals surface area contributed by atoms with Crippen LogP contribution in [0.5, 0.6) is 0 Å². The zero-order valence-corrected chi connectivity index (χ0v) is 5.25. The fourth-order valence-corrected chi connectivity index (χ4v) is 0.349. The van der Waals surface area contributed by atoms with Crippen LogP contribution >= 0.6 is 0 Å². The van der Waals surface area contributed by atoms with Crippen molar-refractivity contribution >= 4 is 11.5 Å². The van der Waals surface area contributed by atoms with Gasteiger partial charge in [0.1, 0.15) is 11.5 Å². The lowest BCUT2D eigenvalue weighted by Crippen LogP contribution is -2.23. The van der Waals surface area contributed by atoms with E-state index >= 15 is 0 Å². The lowest BCUT2D eigenvalue weighted by Gasteiger charge is -2.04. The minimum atomic E-state index is -4.65. The summed E-state index contributed by atoms with van der Waals surface area (Å²) in [6, 6.07) is 0. The van der Waals surface area contributed by atoms with Crippen LogP contribution in [0.15, 0.2) is 0 Å². The van der Waals surface area contributed by atoms with Crippen LogP contribution in [0.2, 0.25) is 0 Å². The molecule has 1 N–H and O–H groups in total. The second-order valence-electron chi connectivity index (χ2n) is 1.86. The highest BCUT2D eigenvalue weighted by atomic mass is 19.4. The fourth-order valence-electron chi connectivity index (χ4n) is 0.349. The van der Waals surface area contributed by atoms with Crippen molar-refractivity contribution in [3.05, 3.63) is 0 Å². The van der Waals surface area contributed by atoms with Crippen LogP contribution in [0.1, 0.15) is 13.3 Å². The van der Waals surface area contributed by atoms with Crippen molar-refractivity contribution in [3.8, 4) is 0 Å². The van der Waals surface area contributed by atoms with Gasteiger partial charge >= 0.3 is 6.18 Å². The molecule has 0 amide bonds. The average molecular weight is 153 g/mol. The highest BCUT2D eigenvalue weighted by molar-refractivity contribution is 6.02. The molecule has 0 spiro atoms. The second kappa shape index (κ2) is 2.81. The Hall–Kier alpha value is -0.870. The first-order valence-corrected chi connectivity index (χ1v) is 2.48. The first-order chi connectivity index (χ1) is 4.34. The first-order valence-electron chi connectivity index (χ1n) is 2.48. The predicted octanol–water partition coefficient (Wildman–Crippen LogP) is 1.55. The highest BCUT2D eigenvalue weighted by Crippen LogP contribution is 2.17. The maximum absolute atomic E-state index is 11.4. The van der Waals surface area contributed by atoms with E-state index in [9.17, 15) is 18.0 Å². The van der Waals surface area contributed by atoms with Crippen molar-refractivity contribution in [2.24, 2.45) is 0 Å². The molecule has 0 aliphatic carbocycles. The SMILES string of the molecule is CC(=O)CC(=N)C(F)(F)F. The van der Waals surface area contributed by atoms with Crippen molar-refractivity contribution in [1.29, 1.82) is 5.41 Å². The Bertz CT molecular complexity index is 161. The summed E-state index contributed by atoms with van der Waals surface area (Å²) >= 11 is 0. The zero-order chi connectivity index (χ0) is 8.36. The zero-order valence-electron chi connectivity index (χ0n) is 5.25. The summed E-state index contributed by atoms with van der Waals surface area (Å²) in [5.74, 6) is -0.651. The molecule has 0 aromatic rings. The number of hydrogen-bond acceptors (Lipinski definition) is 2. The van der Waals surface area contributed by atoms with Crippen molar-refractivity contribution in [2.75, 3.05) is 0 Å². The molecule has 0 unspecified atom stereocenters. The normalized spacial score (nSPS) is 11.2. The Balaban J connectivity index is 3.99. The molecule has 10 heavy (non-hydrogen) atoms. The maximum atomic E-state index is 11.4. The number of alkyl halides is 3. The van der Waals surface area contributed by atoms with Gasteiger partial charge in [0.2, 0.25) is 0 Å². The first kappa shape index (κ1) is 9.13. The van der Waals surface area contributed by atoms with Crippen LogP contribution in [0.3, 0.4) is 0 Å². The van der Waals surface area contributed by atoms with E-state index in [1.54, 1.807) is 0 Å². The number of carbonyl (C=O) groups excluding carboxylic acids is 1. The van der Waals surface area contributed by atoms with Crippen LogP contribution < -0.4 is 0 Å². The van der Waals surface area contributed by atoms with E-state index in [0.717, 1.165) is 6.92 Å². The Kier molecular flexibility index (Phi) is 2.56. The Morgan fingerprint density at radius 2 is 1.90 bits per heavy atom. The molecule has 0 fully saturated rings. The monoisotopic (exact) mass is 153 g/mol. The molecule has 0 radical (unpaired) electrons. The predicted molar refractivity (Wildman–Crippen MR) is 29.1 cm³/mol. The fraction of sp³-hybridized carbons (Fsp3) is 0.600. The lowest BCUT2D eigenvalue weighted by molar-refractivity contribution is -0.117. The van der Waals surface area contributed by atoms with Crippen molar-refractivity contribution in [2.45, 2.75) is 19.5 Å². The minimum absolute atomic E-state index is 0.651. The number of nitrogens with one attached hydrogen (secondary N) is 1. The molecule has 0 saturated carbocycles. The van der Waals surface area contributed by atoms with Gasteiger partial charge in [-0.25, -0.2) is 0 Å². The molecular weight excluding hydrogens is 147 g/mol. The number of hydrogen-bond donors (Lipinski definition) is 1. The van der Waals surface area contributed by atoms with E-state index in [1.165, 1.54) is 0 Å². The van der Waals surface area contributed by atoms with Gasteiger partial charge in [0.25, 0.3) is 0 Å². The highest BCUT2D eigenvalue weighted by Gasteiger charge is 2.34. The summed E-state index contributed by atoms with van der Waals surface area (Å²) in [5.41, 5.74) is -1.49. The summed E-state index contributed by atoms with van der Waals surface area (Å²) in [5, 5.41) is 6.32. The topological polar surface area (TPSA) is 40.9 Å². The van der Waals surface area contributed by atoms with Gasteiger partial charge in [0, 0.05) is 0 Å². The molecule has 0 aliphatic heterocycles. The number of Topliss-reactive ketones (excluding diaryl/α,β-unsaturated/α-hetero) is 1.